The Morgan fingerprint density at radius 1 is 1.07 bits per heavy atom. The van der Waals surface area contributed by atoms with Crippen LogP contribution in [0.4, 0.5) is 11.6 Å². The number of nitrogens with zero attached hydrogens (tertiary/aromatic N) is 5. The van der Waals surface area contributed by atoms with E-state index >= 15 is 0 Å². The minimum absolute atomic E-state index is 0.0328. The van der Waals surface area contributed by atoms with Gasteiger partial charge in [0.25, 0.3) is 5.56 Å². The number of anilines is 2. The van der Waals surface area contributed by atoms with Gasteiger partial charge in [-0.25, -0.2) is 9.67 Å². The van der Waals surface area contributed by atoms with Crippen LogP contribution >= 0.6 is 0 Å². The van der Waals surface area contributed by atoms with Crippen molar-refractivity contribution in [1.29, 1.82) is 0 Å². The molecule has 1 N–H and O–H groups in total. The van der Waals surface area contributed by atoms with Gasteiger partial charge < -0.3 is 5.32 Å². The molecule has 0 saturated heterocycles. The summed E-state index contributed by atoms with van der Waals surface area (Å²) in [5, 5.41) is 8.35. The third-order valence-electron chi connectivity index (χ3n) is 6.08. The van der Waals surface area contributed by atoms with E-state index < -0.39 is 0 Å². The number of hydrogen-bond acceptors (Lipinski definition) is 5. The van der Waals surface area contributed by atoms with Gasteiger partial charge >= 0.3 is 0 Å². The van der Waals surface area contributed by atoms with Gasteiger partial charge in [0.05, 0.1) is 5.69 Å². The zero-order valence-corrected chi connectivity index (χ0v) is 16.3. The third kappa shape index (κ3) is 2.82. The van der Waals surface area contributed by atoms with E-state index in [1.54, 1.807) is 33.8 Å². The first-order valence-corrected chi connectivity index (χ1v) is 10.2. The van der Waals surface area contributed by atoms with E-state index in [0.717, 1.165) is 35.3 Å². The summed E-state index contributed by atoms with van der Waals surface area (Å²) in [5.41, 5.74) is 3.58. The summed E-state index contributed by atoms with van der Waals surface area (Å²) in [4.78, 5) is 21.9. The zero-order chi connectivity index (χ0) is 20.1. The van der Waals surface area contributed by atoms with Crippen LogP contribution < -0.4 is 10.9 Å². The number of aromatic nitrogens is 5. The molecule has 0 amide bonds. The number of benzene rings is 1. The molecule has 148 valence electrons. The lowest BCUT2D eigenvalue weighted by molar-refractivity contribution is 0.680. The first kappa shape index (κ1) is 17.1. The molecule has 1 aromatic carbocycles. The predicted octanol–water partition coefficient (Wildman–Crippen LogP) is 3.99. The molecular weight excluding hydrogens is 376 g/mol. The molecule has 2 unspecified atom stereocenters. The molecule has 2 atom stereocenters. The van der Waals surface area contributed by atoms with Crippen molar-refractivity contribution in [2.75, 3.05) is 5.32 Å². The Hall–Kier alpha value is -3.74. The van der Waals surface area contributed by atoms with Gasteiger partial charge in [0.1, 0.15) is 0 Å². The highest BCUT2D eigenvalue weighted by Gasteiger charge is 2.34. The van der Waals surface area contributed by atoms with Gasteiger partial charge in [0.15, 0.2) is 5.65 Å². The molecule has 7 heteroatoms. The Balaban J connectivity index is 1.36. The molecule has 1 saturated carbocycles. The third-order valence-corrected chi connectivity index (χ3v) is 6.08. The molecule has 2 aliphatic rings. The summed E-state index contributed by atoms with van der Waals surface area (Å²) < 4.78 is 3.59. The lowest BCUT2D eigenvalue weighted by atomic mass is 10.0. The minimum Gasteiger partial charge on any atom is -0.324 e. The number of pyridine rings is 1. The van der Waals surface area contributed by atoms with E-state index in [0.29, 0.717) is 23.4 Å². The summed E-state index contributed by atoms with van der Waals surface area (Å²) in [6, 6.07) is 13.2. The van der Waals surface area contributed by atoms with Crippen molar-refractivity contribution in [1.82, 2.24) is 24.3 Å². The van der Waals surface area contributed by atoms with Gasteiger partial charge in [-0.3, -0.25) is 9.36 Å². The monoisotopic (exact) mass is 396 g/mol. The quantitative estimate of drug-likeness (QED) is 0.564. The van der Waals surface area contributed by atoms with Crippen LogP contribution in [0.15, 0.2) is 71.9 Å². The molecule has 3 heterocycles. The van der Waals surface area contributed by atoms with E-state index in [4.69, 9.17) is 4.98 Å². The molecule has 4 aromatic rings. The van der Waals surface area contributed by atoms with Crippen molar-refractivity contribution in [3.05, 3.63) is 77.5 Å². The van der Waals surface area contributed by atoms with Gasteiger partial charge in [-0.15, -0.1) is 0 Å². The summed E-state index contributed by atoms with van der Waals surface area (Å²) >= 11 is 0. The first-order chi connectivity index (χ1) is 14.7. The Morgan fingerprint density at radius 3 is 2.70 bits per heavy atom. The van der Waals surface area contributed by atoms with Crippen molar-refractivity contribution in [2.45, 2.75) is 19.3 Å². The van der Waals surface area contributed by atoms with Crippen molar-refractivity contribution in [3.63, 3.8) is 0 Å². The van der Waals surface area contributed by atoms with Crippen LogP contribution in [0.25, 0.3) is 22.4 Å². The van der Waals surface area contributed by atoms with Gasteiger partial charge in [-0.05, 0) is 61.6 Å². The molecule has 6 rings (SSSR count). The van der Waals surface area contributed by atoms with Crippen LogP contribution in [-0.2, 0) is 0 Å². The van der Waals surface area contributed by atoms with Crippen molar-refractivity contribution in [3.8, 4) is 5.69 Å². The molecule has 7 nitrogen and oxygen atoms in total. The molecule has 2 aliphatic carbocycles. The first-order valence-electron chi connectivity index (χ1n) is 10.2. The van der Waals surface area contributed by atoms with Crippen LogP contribution in [-0.4, -0.2) is 24.3 Å². The highest BCUT2D eigenvalue weighted by Crippen LogP contribution is 2.45. The maximum atomic E-state index is 12.7. The largest absolute Gasteiger partial charge is 0.324 e. The fourth-order valence-electron chi connectivity index (χ4n) is 4.65. The Bertz CT molecular complexity index is 1320. The van der Waals surface area contributed by atoms with Gasteiger partial charge in [-0.2, -0.15) is 10.1 Å². The molecule has 0 aliphatic heterocycles. The Kier molecular flexibility index (Phi) is 3.80. The van der Waals surface area contributed by atoms with Crippen LogP contribution in [0.3, 0.4) is 0 Å². The Morgan fingerprint density at radius 2 is 1.97 bits per heavy atom. The minimum atomic E-state index is -0.0328. The van der Waals surface area contributed by atoms with Crippen LogP contribution in [0.1, 0.15) is 19.3 Å². The number of allylic oxidation sites excluding steroid dienone is 2. The van der Waals surface area contributed by atoms with E-state index in [9.17, 15) is 4.79 Å². The van der Waals surface area contributed by atoms with Crippen molar-refractivity contribution < 1.29 is 0 Å². The van der Waals surface area contributed by atoms with E-state index in [-0.39, 0.29) is 5.56 Å². The number of rotatable bonds is 4. The smallest absolute Gasteiger partial charge is 0.256 e. The van der Waals surface area contributed by atoms with E-state index in [2.05, 4.69) is 21.5 Å². The standard InChI is InChI=1S/C23H20N6O/c30-21-9-4-17-14-24-23(26-18-5-7-19(8-6-18)28-11-1-10-25-28)27-22(17)29(21)20-13-15-2-3-16(20)12-15/h1,4-11,13-16H,2-3,12H2,(H,24,26,27). The Labute approximate surface area is 172 Å². The second kappa shape index (κ2) is 6.66. The molecular formula is C23H20N6O. The van der Waals surface area contributed by atoms with Gasteiger partial charge in [0, 0.05) is 47.3 Å². The number of hydrogen-bond donors (Lipinski definition) is 1. The van der Waals surface area contributed by atoms with E-state index in [1.807, 2.05) is 36.5 Å². The average Bonchev–Trinajstić information content (AvgIpc) is 3.53. The summed E-state index contributed by atoms with van der Waals surface area (Å²) in [6.45, 7) is 0. The highest BCUT2D eigenvalue weighted by atomic mass is 16.1. The highest BCUT2D eigenvalue weighted by molar-refractivity contribution is 5.79. The van der Waals surface area contributed by atoms with Gasteiger partial charge in [0.2, 0.25) is 5.95 Å². The normalized spacial score (nSPS) is 19.9. The van der Waals surface area contributed by atoms with Crippen LogP contribution in [0, 0.1) is 11.8 Å². The van der Waals surface area contributed by atoms with Crippen molar-refractivity contribution in [2.24, 2.45) is 11.8 Å². The molecule has 30 heavy (non-hydrogen) atoms. The maximum absolute atomic E-state index is 12.7. The average molecular weight is 396 g/mol. The number of fused-ring (bicyclic) bond motifs is 3. The second-order valence-corrected chi connectivity index (χ2v) is 7.96. The zero-order valence-electron chi connectivity index (χ0n) is 16.3. The lowest BCUT2D eigenvalue weighted by Crippen LogP contribution is -2.22. The van der Waals surface area contributed by atoms with Gasteiger partial charge in [-0.1, -0.05) is 6.08 Å². The number of nitrogens with one attached hydrogen (secondary N) is 1. The topological polar surface area (TPSA) is 77.6 Å². The SMILES string of the molecule is O=c1ccc2cnc(Nc3ccc(-n4cccn4)cc3)nc2n1C1=CC2CCC1C2. The summed E-state index contributed by atoms with van der Waals surface area (Å²) in [7, 11) is 0. The second-order valence-electron chi connectivity index (χ2n) is 7.96. The van der Waals surface area contributed by atoms with E-state index in [1.165, 1.54) is 6.42 Å². The fraction of sp³-hybridized carbons (Fsp3) is 0.217. The summed E-state index contributed by atoms with van der Waals surface area (Å²) in [5.74, 6) is 1.52. The molecule has 1 fully saturated rings. The molecule has 0 spiro atoms. The lowest BCUT2D eigenvalue weighted by Gasteiger charge is -2.17. The van der Waals surface area contributed by atoms with Crippen molar-refractivity contribution >= 4 is 28.4 Å². The fourth-order valence-corrected chi connectivity index (χ4v) is 4.65. The summed E-state index contributed by atoms with van der Waals surface area (Å²) in [6.07, 6.45) is 11.2. The van der Waals surface area contributed by atoms with Crippen LogP contribution in [0.5, 0.6) is 0 Å². The molecule has 0 radical (unpaired) electrons. The molecule has 3 aromatic heterocycles. The molecule has 2 bridgehead atoms. The predicted molar refractivity (Wildman–Crippen MR) is 116 cm³/mol. The van der Waals surface area contributed by atoms with Crippen LogP contribution in [0.2, 0.25) is 0 Å². The maximum Gasteiger partial charge on any atom is 0.256 e.